The predicted molar refractivity (Wildman–Crippen MR) is 81.7 cm³/mol. The minimum atomic E-state index is -3.50. The molecular weight excluding hydrogens is 290 g/mol. The van der Waals surface area contributed by atoms with E-state index in [1.54, 1.807) is 12.1 Å². The van der Waals surface area contributed by atoms with Crippen LogP contribution in [0.1, 0.15) is 18.4 Å². The van der Waals surface area contributed by atoms with E-state index in [1.165, 1.54) is 20.2 Å². The Kier molecular flexibility index (Phi) is 4.65. The number of benzene rings is 1. The molecule has 1 atom stereocenters. The highest BCUT2D eigenvalue weighted by atomic mass is 32.2. The first kappa shape index (κ1) is 15.9. The lowest BCUT2D eigenvalue weighted by atomic mass is 10.1. The molecule has 1 aromatic carbocycles. The Morgan fingerprint density at radius 2 is 2.10 bits per heavy atom. The van der Waals surface area contributed by atoms with E-state index in [9.17, 15) is 13.2 Å². The number of nitrogens with one attached hydrogen (secondary N) is 2. The molecule has 1 aliphatic rings. The van der Waals surface area contributed by atoms with Crippen LogP contribution in [0.15, 0.2) is 23.1 Å². The van der Waals surface area contributed by atoms with Gasteiger partial charge in [-0.3, -0.25) is 4.79 Å². The van der Waals surface area contributed by atoms with E-state index in [2.05, 4.69) is 10.6 Å². The number of aryl methyl sites for hydroxylation is 1. The summed E-state index contributed by atoms with van der Waals surface area (Å²) in [4.78, 5) is 12.3. The summed E-state index contributed by atoms with van der Waals surface area (Å²) in [6.45, 7) is 2.68. The third-order valence-corrected chi connectivity index (χ3v) is 5.43. The number of rotatable bonds is 4. The number of nitrogens with zero attached hydrogens (tertiary/aromatic N) is 1. The fourth-order valence-electron chi connectivity index (χ4n) is 2.24. The van der Waals surface area contributed by atoms with E-state index in [0.29, 0.717) is 5.69 Å². The highest BCUT2D eigenvalue weighted by Crippen LogP contribution is 2.22. The summed E-state index contributed by atoms with van der Waals surface area (Å²) < 4.78 is 25.4. The standard InChI is InChI=1S/C14H21N3O3S/c1-10-6-7-11(21(19,20)17(2)3)9-13(10)16-14(18)12-5-4-8-15-12/h6-7,9,12,15H,4-5,8H2,1-3H3,(H,16,18)/t12-/m0/s1. The van der Waals surface area contributed by atoms with Gasteiger partial charge in [-0.05, 0) is 44.0 Å². The SMILES string of the molecule is Cc1ccc(S(=O)(=O)N(C)C)cc1NC(=O)[C@@H]1CCCN1. The summed E-state index contributed by atoms with van der Waals surface area (Å²) in [6, 6.07) is 4.57. The van der Waals surface area contributed by atoms with Crippen LogP contribution in [0, 0.1) is 6.92 Å². The first-order valence-corrected chi connectivity index (χ1v) is 8.34. The summed E-state index contributed by atoms with van der Waals surface area (Å²) in [6.07, 6.45) is 1.78. The van der Waals surface area contributed by atoms with E-state index in [-0.39, 0.29) is 16.8 Å². The molecular formula is C14H21N3O3S. The zero-order chi connectivity index (χ0) is 15.6. The molecule has 1 aromatic rings. The Morgan fingerprint density at radius 1 is 1.38 bits per heavy atom. The van der Waals surface area contributed by atoms with Crippen molar-refractivity contribution in [3.05, 3.63) is 23.8 Å². The summed E-state index contributed by atoms with van der Waals surface area (Å²) in [5.74, 6) is -0.116. The zero-order valence-corrected chi connectivity index (χ0v) is 13.3. The van der Waals surface area contributed by atoms with Crippen LogP contribution in [0.4, 0.5) is 5.69 Å². The molecule has 0 radical (unpaired) electrons. The van der Waals surface area contributed by atoms with Gasteiger partial charge in [0.25, 0.3) is 0 Å². The maximum absolute atomic E-state index is 12.1. The van der Waals surface area contributed by atoms with Gasteiger partial charge in [-0.25, -0.2) is 12.7 Å². The molecule has 0 spiro atoms. The van der Waals surface area contributed by atoms with Crippen molar-refractivity contribution in [2.24, 2.45) is 0 Å². The van der Waals surface area contributed by atoms with Crippen molar-refractivity contribution in [3.63, 3.8) is 0 Å². The minimum Gasteiger partial charge on any atom is -0.324 e. The van der Waals surface area contributed by atoms with Crippen molar-refractivity contribution in [1.82, 2.24) is 9.62 Å². The van der Waals surface area contributed by atoms with Crippen molar-refractivity contribution in [2.45, 2.75) is 30.7 Å². The first-order chi connectivity index (χ1) is 9.82. The summed E-state index contributed by atoms with van der Waals surface area (Å²) in [7, 11) is -0.540. The summed E-state index contributed by atoms with van der Waals surface area (Å²) >= 11 is 0. The Labute approximate surface area is 125 Å². The molecule has 6 nitrogen and oxygen atoms in total. The van der Waals surface area contributed by atoms with Gasteiger partial charge in [0.15, 0.2) is 0 Å². The van der Waals surface area contributed by atoms with Gasteiger partial charge in [0.1, 0.15) is 0 Å². The highest BCUT2D eigenvalue weighted by Gasteiger charge is 2.23. The van der Waals surface area contributed by atoms with Gasteiger partial charge in [-0.1, -0.05) is 6.07 Å². The molecule has 0 aromatic heterocycles. The lowest BCUT2D eigenvalue weighted by Gasteiger charge is -2.16. The van der Waals surface area contributed by atoms with Crippen molar-refractivity contribution in [1.29, 1.82) is 0 Å². The van der Waals surface area contributed by atoms with Crippen LogP contribution < -0.4 is 10.6 Å². The molecule has 0 unspecified atom stereocenters. The summed E-state index contributed by atoms with van der Waals surface area (Å²) in [5.41, 5.74) is 1.37. The molecule has 7 heteroatoms. The van der Waals surface area contributed by atoms with Gasteiger partial charge < -0.3 is 10.6 Å². The van der Waals surface area contributed by atoms with Crippen LogP contribution in [-0.4, -0.2) is 45.3 Å². The molecule has 0 aliphatic carbocycles. The van der Waals surface area contributed by atoms with Gasteiger partial charge in [0.2, 0.25) is 15.9 Å². The Morgan fingerprint density at radius 3 is 2.67 bits per heavy atom. The third-order valence-electron chi connectivity index (χ3n) is 3.62. The van der Waals surface area contributed by atoms with E-state index < -0.39 is 10.0 Å². The maximum Gasteiger partial charge on any atom is 0.242 e. The number of hydrogen-bond acceptors (Lipinski definition) is 4. The quantitative estimate of drug-likeness (QED) is 0.867. The molecule has 1 saturated heterocycles. The van der Waals surface area contributed by atoms with Gasteiger partial charge in [0, 0.05) is 19.8 Å². The second-order valence-corrected chi connectivity index (χ2v) is 7.55. The number of hydrogen-bond donors (Lipinski definition) is 2. The van der Waals surface area contributed by atoms with Crippen molar-refractivity contribution >= 4 is 21.6 Å². The molecule has 1 amide bonds. The van der Waals surface area contributed by atoms with Crippen LogP contribution in [0.25, 0.3) is 0 Å². The van der Waals surface area contributed by atoms with E-state index >= 15 is 0 Å². The van der Waals surface area contributed by atoms with Crippen LogP contribution in [0.3, 0.4) is 0 Å². The maximum atomic E-state index is 12.1. The van der Waals surface area contributed by atoms with E-state index in [4.69, 9.17) is 0 Å². The van der Waals surface area contributed by atoms with Gasteiger partial charge in [0.05, 0.1) is 10.9 Å². The smallest absolute Gasteiger partial charge is 0.242 e. The van der Waals surface area contributed by atoms with Crippen LogP contribution in [0.5, 0.6) is 0 Å². The van der Waals surface area contributed by atoms with Gasteiger partial charge in [-0.2, -0.15) is 0 Å². The first-order valence-electron chi connectivity index (χ1n) is 6.90. The molecule has 21 heavy (non-hydrogen) atoms. The predicted octanol–water partition coefficient (Wildman–Crippen LogP) is 0.936. The van der Waals surface area contributed by atoms with Gasteiger partial charge in [-0.15, -0.1) is 0 Å². The Hall–Kier alpha value is -1.44. The highest BCUT2D eigenvalue weighted by molar-refractivity contribution is 7.89. The fraction of sp³-hybridized carbons (Fsp3) is 0.500. The lowest BCUT2D eigenvalue weighted by molar-refractivity contribution is -0.117. The number of carbonyl (C=O) groups is 1. The Balaban J connectivity index is 2.25. The second-order valence-electron chi connectivity index (χ2n) is 5.40. The van der Waals surface area contributed by atoms with Gasteiger partial charge >= 0.3 is 0 Å². The van der Waals surface area contributed by atoms with Crippen molar-refractivity contribution < 1.29 is 13.2 Å². The summed E-state index contributed by atoms with van der Waals surface area (Å²) in [5, 5.41) is 5.94. The number of amides is 1. The average Bonchev–Trinajstić information content (AvgIpc) is 2.94. The molecule has 116 valence electrons. The minimum absolute atomic E-state index is 0.116. The molecule has 1 aliphatic heterocycles. The van der Waals surface area contributed by atoms with Crippen LogP contribution in [-0.2, 0) is 14.8 Å². The molecule has 2 rings (SSSR count). The zero-order valence-electron chi connectivity index (χ0n) is 12.5. The molecule has 0 saturated carbocycles. The van der Waals surface area contributed by atoms with E-state index in [0.717, 1.165) is 29.3 Å². The van der Waals surface area contributed by atoms with Crippen LogP contribution >= 0.6 is 0 Å². The molecule has 0 bridgehead atoms. The largest absolute Gasteiger partial charge is 0.324 e. The van der Waals surface area contributed by atoms with Crippen molar-refractivity contribution in [3.8, 4) is 0 Å². The molecule has 2 N–H and O–H groups in total. The Bertz CT molecular complexity index is 635. The normalized spacial score (nSPS) is 19.0. The number of sulfonamides is 1. The molecule has 1 heterocycles. The topological polar surface area (TPSA) is 78.5 Å². The third kappa shape index (κ3) is 3.42. The number of anilines is 1. The lowest BCUT2D eigenvalue weighted by Crippen LogP contribution is -2.35. The van der Waals surface area contributed by atoms with Crippen LogP contribution in [0.2, 0.25) is 0 Å². The molecule has 1 fully saturated rings. The van der Waals surface area contributed by atoms with E-state index in [1.807, 2.05) is 6.92 Å². The van der Waals surface area contributed by atoms with Crippen molar-refractivity contribution in [2.75, 3.05) is 26.0 Å². The average molecular weight is 311 g/mol. The second kappa shape index (κ2) is 6.13. The fourth-order valence-corrected chi connectivity index (χ4v) is 3.16. The number of carbonyl (C=O) groups excluding carboxylic acids is 1. The monoisotopic (exact) mass is 311 g/mol.